The van der Waals surface area contributed by atoms with E-state index in [0.29, 0.717) is 5.15 Å². The Morgan fingerprint density at radius 1 is 1.12 bits per heavy atom. The zero-order chi connectivity index (χ0) is 11.0. The molecule has 2 nitrogen and oxygen atoms in total. The molecule has 1 aromatic carbocycles. The summed E-state index contributed by atoms with van der Waals surface area (Å²) in [6, 6.07) is 10.2. The van der Waals surface area contributed by atoms with E-state index in [0.717, 1.165) is 16.5 Å². The number of thiophene rings is 1. The molecule has 0 spiro atoms. The number of aromatic nitrogens is 2. The summed E-state index contributed by atoms with van der Waals surface area (Å²) in [5, 5.41) is 3.46. The van der Waals surface area contributed by atoms with Crippen molar-refractivity contribution in [3.8, 4) is 10.4 Å². The molecule has 0 aliphatic rings. The van der Waals surface area contributed by atoms with Crippen LogP contribution in [0, 0.1) is 0 Å². The molecule has 0 radical (unpaired) electrons. The molecule has 0 saturated heterocycles. The van der Waals surface area contributed by atoms with Crippen LogP contribution in [0.1, 0.15) is 0 Å². The third kappa shape index (κ3) is 1.58. The Morgan fingerprint density at radius 3 is 2.88 bits per heavy atom. The van der Waals surface area contributed by atoms with Crippen molar-refractivity contribution < 1.29 is 0 Å². The van der Waals surface area contributed by atoms with Crippen LogP contribution in [-0.4, -0.2) is 9.97 Å². The van der Waals surface area contributed by atoms with Gasteiger partial charge in [-0.25, -0.2) is 9.97 Å². The van der Waals surface area contributed by atoms with E-state index >= 15 is 0 Å². The highest BCUT2D eigenvalue weighted by Crippen LogP contribution is 2.29. The summed E-state index contributed by atoms with van der Waals surface area (Å²) >= 11 is 7.75. The van der Waals surface area contributed by atoms with Crippen molar-refractivity contribution in [3.05, 3.63) is 47.2 Å². The van der Waals surface area contributed by atoms with Gasteiger partial charge in [0.15, 0.2) is 0 Å². The van der Waals surface area contributed by atoms with Crippen molar-refractivity contribution in [2.75, 3.05) is 0 Å². The average molecular weight is 247 g/mol. The monoisotopic (exact) mass is 246 g/mol. The van der Waals surface area contributed by atoms with Gasteiger partial charge in [0.1, 0.15) is 11.5 Å². The molecule has 4 heteroatoms. The lowest BCUT2D eigenvalue weighted by molar-refractivity contribution is 1.22. The van der Waals surface area contributed by atoms with E-state index in [-0.39, 0.29) is 0 Å². The molecule has 0 aliphatic carbocycles. The summed E-state index contributed by atoms with van der Waals surface area (Å²) in [6.07, 6.45) is 1.48. The minimum absolute atomic E-state index is 0.503. The van der Waals surface area contributed by atoms with Crippen LogP contribution in [0.5, 0.6) is 0 Å². The van der Waals surface area contributed by atoms with Gasteiger partial charge in [-0.3, -0.25) is 0 Å². The minimum atomic E-state index is 0.503. The van der Waals surface area contributed by atoms with E-state index in [1.165, 1.54) is 11.2 Å². The van der Waals surface area contributed by atoms with Crippen LogP contribution in [0.25, 0.3) is 21.3 Å². The van der Waals surface area contributed by atoms with Crippen molar-refractivity contribution in [3.63, 3.8) is 0 Å². The van der Waals surface area contributed by atoms with E-state index in [2.05, 4.69) is 27.5 Å². The van der Waals surface area contributed by atoms with Crippen molar-refractivity contribution in [2.24, 2.45) is 0 Å². The van der Waals surface area contributed by atoms with E-state index in [9.17, 15) is 0 Å². The lowest BCUT2D eigenvalue weighted by Crippen LogP contribution is -1.84. The lowest BCUT2D eigenvalue weighted by atomic mass is 10.1. The van der Waals surface area contributed by atoms with Gasteiger partial charge in [-0.05, 0) is 29.1 Å². The van der Waals surface area contributed by atoms with Gasteiger partial charge >= 0.3 is 0 Å². The molecule has 3 aromatic rings. The number of halogens is 1. The average Bonchev–Trinajstić information content (AvgIpc) is 2.83. The highest BCUT2D eigenvalue weighted by molar-refractivity contribution is 7.13. The van der Waals surface area contributed by atoms with E-state index < -0.39 is 0 Å². The fraction of sp³-hybridized carbons (Fsp3) is 0. The highest BCUT2D eigenvalue weighted by Gasteiger charge is 2.04. The summed E-state index contributed by atoms with van der Waals surface area (Å²) in [5.74, 6) is 0. The van der Waals surface area contributed by atoms with Crippen LogP contribution < -0.4 is 0 Å². The second-order valence-corrected chi connectivity index (χ2v) is 4.68. The predicted molar refractivity (Wildman–Crippen MR) is 67.9 cm³/mol. The van der Waals surface area contributed by atoms with Gasteiger partial charge in [-0.15, -0.1) is 11.3 Å². The SMILES string of the molecule is Clc1ncnc2ccc(-c3cccs3)cc12. The van der Waals surface area contributed by atoms with Gasteiger partial charge < -0.3 is 0 Å². The molecule has 0 atom stereocenters. The third-order valence-corrected chi connectivity index (χ3v) is 3.61. The molecule has 3 rings (SSSR count). The fourth-order valence-electron chi connectivity index (χ4n) is 1.62. The molecule has 78 valence electrons. The number of fused-ring (bicyclic) bond motifs is 1. The Labute approximate surface area is 102 Å². The van der Waals surface area contributed by atoms with Crippen molar-refractivity contribution in [2.45, 2.75) is 0 Å². The highest BCUT2D eigenvalue weighted by atomic mass is 35.5. The molecule has 0 N–H and O–H groups in total. The number of rotatable bonds is 1. The zero-order valence-electron chi connectivity index (χ0n) is 8.22. The number of nitrogens with zero attached hydrogens (tertiary/aromatic N) is 2. The first-order valence-electron chi connectivity index (χ1n) is 4.79. The second kappa shape index (κ2) is 3.85. The summed E-state index contributed by atoms with van der Waals surface area (Å²) in [5.41, 5.74) is 2.03. The molecule has 0 saturated carbocycles. The zero-order valence-corrected chi connectivity index (χ0v) is 9.79. The smallest absolute Gasteiger partial charge is 0.140 e. The van der Waals surface area contributed by atoms with E-state index in [4.69, 9.17) is 11.6 Å². The van der Waals surface area contributed by atoms with Crippen LogP contribution >= 0.6 is 22.9 Å². The molecule has 16 heavy (non-hydrogen) atoms. The van der Waals surface area contributed by atoms with Gasteiger partial charge in [-0.2, -0.15) is 0 Å². The molecule has 2 heterocycles. The van der Waals surface area contributed by atoms with Crippen LogP contribution in [0.2, 0.25) is 5.15 Å². The van der Waals surface area contributed by atoms with Crippen LogP contribution in [0.4, 0.5) is 0 Å². The van der Waals surface area contributed by atoms with Gasteiger partial charge in [0.25, 0.3) is 0 Å². The molecule has 2 aromatic heterocycles. The first-order chi connectivity index (χ1) is 7.84. The molecule has 0 unspecified atom stereocenters. The quantitative estimate of drug-likeness (QED) is 0.607. The Bertz CT molecular complexity index is 635. The number of hydrogen-bond acceptors (Lipinski definition) is 3. The summed E-state index contributed by atoms with van der Waals surface area (Å²) in [6.45, 7) is 0. The predicted octanol–water partition coefficient (Wildman–Crippen LogP) is 4.01. The van der Waals surface area contributed by atoms with E-state index in [1.54, 1.807) is 11.3 Å². The standard InChI is InChI=1S/C12H7ClN2S/c13-12-9-6-8(11-2-1-5-16-11)3-4-10(9)14-7-15-12/h1-7H. The Balaban J connectivity index is 2.27. The first kappa shape index (κ1) is 9.75. The largest absolute Gasteiger partial charge is 0.236 e. The second-order valence-electron chi connectivity index (χ2n) is 3.37. The first-order valence-corrected chi connectivity index (χ1v) is 6.04. The van der Waals surface area contributed by atoms with Crippen LogP contribution in [0.15, 0.2) is 42.0 Å². The maximum Gasteiger partial charge on any atom is 0.140 e. The van der Waals surface area contributed by atoms with Gasteiger partial charge in [-0.1, -0.05) is 23.7 Å². The van der Waals surface area contributed by atoms with Gasteiger partial charge in [0.2, 0.25) is 0 Å². The fourth-order valence-corrected chi connectivity index (χ4v) is 2.54. The molecule has 0 amide bonds. The van der Waals surface area contributed by atoms with Gasteiger partial charge in [0.05, 0.1) is 5.52 Å². The normalized spacial score (nSPS) is 10.8. The molecule has 0 aliphatic heterocycles. The molecule has 0 bridgehead atoms. The molecular formula is C12H7ClN2S. The lowest BCUT2D eigenvalue weighted by Gasteiger charge is -2.01. The third-order valence-electron chi connectivity index (χ3n) is 2.39. The molecule has 0 fully saturated rings. The van der Waals surface area contributed by atoms with E-state index in [1.807, 2.05) is 18.2 Å². The number of hydrogen-bond donors (Lipinski definition) is 0. The number of benzene rings is 1. The summed E-state index contributed by atoms with van der Waals surface area (Å²) in [7, 11) is 0. The van der Waals surface area contributed by atoms with Crippen LogP contribution in [-0.2, 0) is 0 Å². The van der Waals surface area contributed by atoms with Crippen molar-refractivity contribution in [1.82, 2.24) is 9.97 Å². The Hall–Kier alpha value is -1.45. The summed E-state index contributed by atoms with van der Waals surface area (Å²) < 4.78 is 0. The maximum absolute atomic E-state index is 6.04. The van der Waals surface area contributed by atoms with Gasteiger partial charge in [0, 0.05) is 10.3 Å². The summed E-state index contributed by atoms with van der Waals surface area (Å²) in [4.78, 5) is 9.38. The minimum Gasteiger partial charge on any atom is -0.236 e. The van der Waals surface area contributed by atoms with Crippen molar-refractivity contribution >= 4 is 33.8 Å². The topological polar surface area (TPSA) is 25.8 Å². The maximum atomic E-state index is 6.04. The molecular weight excluding hydrogens is 240 g/mol. The van der Waals surface area contributed by atoms with Crippen LogP contribution in [0.3, 0.4) is 0 Å². The Kier molecular flexibility index (Phi) is 2.35. The van der Waals surface area contributed by atoms with Crippen molar-refractivity contribution in [1.29, 1.82) is 0 Å². The Morgan fingerprint density at radius 2 is 2.06 bits per heavy atom.